The maximum absolute atomic E-state index is 11.9. The minimum atomic E-state index is -0.423. The number of amides is 1. The maximum atomic E-state index is 11.9. The van der Waals surface area contributed by atoms with E-state index in [-0.39, 0.29) is 6.61 Å². The van der Waals surface area contributed by atoms with Crippen molar-refractivity contribution >= 4 is 28.8 Å². The van der Waals surface area contributed by atoms with E-state index in [0.717, 1.165) is 22.2 Å². The molecule has 0 aliphatic rings. The first kappa shape index (κ1) is 19.2. The predicted octanol–water partition coefficient (Wildman–Crippen LogP) is 2.70. The van der Waals surface area contributed by atoms with E-state index in [1.807, 2.05) is 50.2 Å². The Labute approximate surface area is 162 Å². The third-order valence-corrected chi connectivity index (χ3v) is 4.11. The molecule has 0 atom stereocenters. The SMILES string of the molecule is Cc1cc(=O)oc2cc(OCC(=O)N/N=C\c3ccc(N(C)C)cc3)ccc12. The number of hydrogen-bond donors (Lipinski definition) is 1. The van der Waals surface area contributed by atoms with Crippen molar-refractivity contribution in [1.82, 2.24) is 5.43 Å². The van der Waals surface area contributed by atoms with E-state index in [0.29, 0.717) is 11.3 Å². The number of fused-ring (bicyclic) bond motifs is 1. The molecule has 0 bridgehead atoms. The minimum absolute atomic E-state index is 0.210. The zero-order valence-corrected chi connectivity index (χ0v) is 15.9. The fourth-order valence-electron chi connectivity index (χ4n) is 2.61. The molecule has 3 aromatic rings. The van der Waals surface area contributed by atoms with Crippen molar-refractivity contribution in [3.05, 3.63) is 70.1 Å². The Bertz CT molecular complexity index is 1070. The number of nitrogens with one attached hydrogen (secondary N) is 1. The standard InChI is InChI=1S/C21H21N3O4/c1-14-10-21(26)28-19-11-17(8-9-18(14)19)27-13-20(25)23-22-12-15-4-6-16(7-5-15)24(2)3/h4-12H,13H2,1-3H3,(H,23,25)/b22-12-. The van der Waals surface area contributed by atoms with Crippen molar-refractivity contribution in [2.75, 3.05) is 25.6 Å². The van der Waals surface area contributed by atoms with E-state index in [2.05, 4.69) is 10.5 Å². The molecule has 1 N–H and O–H groups in total. The fraction of sp³-hybridized carbons (Fsp3) is 0.190. The average molecular weight is 379 g/mol. The van der Waals surface area contributed by atoms with E-state index in [4.69, 9.17) is 9.15 Å². The number of carbonyl (C=O) groups excluding carboxylic acids is 1. The van der Waals surface area contributed by atoms with E-state index in [1.165, 1.54) is 6.07 Å². The van der Waals surface area contributed by atoms with Crippen molar-refractivity contribution in [1.29, 1.82) is 0 Å². The minimum Gasteiger partial charge on any atom is -0.484 e. The molecule has 1 aromatic heterocycles. The molecule has 0 saturated carbocycles. The summed E-state index contributed by atoms with van der Waals surface area (Å²) in [5.74, 6) is 0.0339. The lowest BCUT2D eigenvalue weighted by Crippen LogP contribution is -2.24. The van der Waals surface area contributed by atoms with Crippen molar-refractivity contribution in [2.24, 2.45) is 5.10 Å². The van der Waals surface area contributed by atoms with Crippen molar-refractivity contribution in [3.63, 3.8) is 0 Å². The molecule has 0 spiro atoms. The van der Waals surface area contributed by atoms with Crippen LogP contribution in [0.3, 0.4) is 0 Å². The van der Waals surface area contributed by atoms with Crippen LogP contribution >= 0.6 is 0 Å². The number of anilines is 1. The lowest BCUT2D eigenvalue weighted by Gasteiger charge is -2.11. The van der Waals surface area contributed by atoms with Gasteiger partial charge >= 0.3 is 5.63 Å². The summed E-state index contributed by atoms with van der Waals surface area (Å²) in [6.45, 7) is 1.62. The van der Waals surface area contributed by atoms with Crippen LogP contribution in [0.25, 0.3) is 11.0 Å². The van der Waals surface area contributed by atoms with Gasteiger partial charge < -0.3 is 14.1 Å². The van der Waals surface area contributed by atoms with E-state index in [9.17, 15) is 9.59 Å². The second kappa shape index (κ2) is 8.39. The Balaban J connectivity index is 1.55. The highest BCUT2D eigenvalue weighted by Crippen LogP contribution is 2.22. The third-order valence-electron chi connectivity index (χ3n) is 4.11. The molecule has 0 fully saturated rings. The number of rotatable bonds is 6. The van der Waals surface area contributed by atoms with Gasteiger partial charge in [0.1, 0.15) is 11.3 Å². The summed E-state index contributed by atoms with van der Waals surface area (Å²) in [5, 5.41) is 4.74. The maximum Gasteiger partial charge on any atom is 0.336 e. The lowest BCUT2D eigenvalue weighted by atomic mass is 10.1. The van der Waals surface area contributed by atoms with E-state index in [1.54, 1.807) is 24.4 Å². The largest absolute Gasteiger partial charge is 0.484 e. The smallest absolute Gasteiger partial charge is 0.336 e. The van der Waals surface area contributed by atoms with Crippen LogP contribution in [0.4, 0.5) is 5.69 Å². The van der Waals surface area contributed by atoms with Gasteiger partial charge in [0, 0.05) is 37.3 Å². The van der Waals surface area contributed by atoms with Crippen LogP contribution in [0.2, 0.25) is 0 Å². The summed E-state index contributed by atoms with van der Waals surface area (Å²) in [4.78, 5) is 25.4. The Kier molecular flexibility index (Phi) is 5.74. The summed E-state index contributed by atoms with van der Waals surface area (Å²) < 4.78 is 10.6. The van der Waals surface area contributed by atoms with Gasteiger partial charge in [0.25, 0.3) is 5.91 Å². The van der Waals surface area contributed by atoms with Crippen molar-refractivity contribution in [3.8, 4) is 5.75 Å². The van der Waals surface area contributed by atoms with Gasteiger partial charge in [-0.2, -0.15) is 5.10 Å². The van der Waals surface area contributed by atoms with Crippen LogP contribution in [0.1, 0.15) is 11.1 Å². The summed E-state index contributed by atoms with van der Waals surface area (Å²) >= 11 is 0. The Morgan fingerprint density at radius 2 is 1.93 bits per heavy atom. The normalized spacial score (nSPS) is 11.0. The molecule has 7 heteroatoms. The third kappa shape index (κ3) is 4.76. The molecule has 28 heavy (non-hydrogen) atoms. The number of hydrazone groups is 1. The highest BCUT2D eigenvalue weighted by Gasteiger charge is 2.06. The Morgan fingerprint density at radius 1 is 1.18 bits per heavy atom. The number of carbonyl (C=O) groups is 1. The summed E-state index contributed by atoms with van der Waals surface area (Å²) in [5.41, 5.74) is 5.18. The Hall–Kier alpha value is -3.61. The number of aryl methyl sites for hydroxylation is 1. The molecule has 7 nitrogen and oxygen atoms in total. The molecule has 144 valence electrons. The molecule has 1 heterocycles. The zero-order valence-electron chi connectivity index (χ0n) is 15.9. The van der Waals surface area contributed by atoms with Crippen molar-refractivity contribution in [2.45, 2.75) is 6.92 Å². The average Bonchev–Trinajstić information content (AvgIpc) is 2.66. The van der Waals surface area contributed by atoms with Gasteiger partial charge in [-0.1, -0.05) is 12.1 Å². The lowest BCUT2D eigenvalue weighted by molar-refractivity contribution is -0.123. The van der Waals surface area contributed by atoms with Crippen LogP contribution in [0, 0.1) is 6.92 Å². The van der Waals surface area contributed by atoms with Gasteiger partial charge in [0.2, 0.25) is 0 Å². The second-order valence-corrected chi connectivity index (χ2v) is 6.47. The van der Waals surface area contributed by atoms with Crippen LogP contribution in [-0.2, 0) is 4.79 Å². The highest BCUT2D eigenvalue weighted by atomic mass is 16.5. The molecule has 0 unspecified atom stereocenters. The quantitative estimate of drug-likeness (QED) is 0.404. The molecule has 0 radical (unpaired) electrons. The number of nitrogens with zero attached hydrogens (tertiary/aromatic N) is 2. The van der Waals surface area contributed by atoms with Crippen LogP contribution in [0.5, 0.6) is 5.75 Å². The zero-order chi connectivity index (χ0) is 20.1. The number of hydrogen-bond acceptors (Lipinski definition) is 6. The molecule has 0 aliphatic carbocycles. The summed E-state index contributed by atoms with van der Waals surface area (Å²) in [6.07, 6.45) is 1.56. The van der Waals surface area contributed by atoms with Gasteiger partial charge in [-0.25, -0.2) is 10.2 Å². The monoisotopic (exact) mass is 379 g/mol. The topological polar surface area (TPSA) is 84.1 Å². The molecule has 0 aliphatic heterocycles. The first-order valence-corrected chi connectivity index (χ1v) is 8.69. The van der Waals surface area contributed by atoms with Gasteiger partial charge in [0.05, 0.1) is 6.21 Å². The van der Waals surface area contributed by atoms with Gasteiger partial charge in [-0.3, -0.25) is 4.79 Å². The van der Waals surface area contributed by atoms with Gasteiger partial charge in [0.15, 0.2) is 6.61 Å². The molecular weight excluding hydrogens is 358 g/mol. The van der Waals surface area contributed by atoms with Crippen LogP contribution in [0.15, 0.2) is 62.8 Å². The molecule has 3 rings (SSSR count). The van der Waals surface area contributed by atoms with Gasteiger partial charge in [-0.15, -0.1) is 0 Å². The second-order valence-electron chi connectivity index (χ2n) is 6.47. The van der Waals surface area contributed by atoms with E-state index < -0.39 is 11.5 Å². The summed E-state index contributed by atoms with van der Waals surface area (Å²) in [7, 11) is 3.93. The van der Waals surface area contributed by atoms with Gasteiger partial charge in [-0.05, 0) is 42.3 Å². The number of benzene rings is 2. The first-order valence-electron chi connectivity index (χ1n) is 8.69. The van der Waals surface area contributed by atoms with Crippen molar-refractivity contribution < 1.29 is 13.9 Å². The fourth-order valence-corrected chi connectivity index (χ4v) is 2.61. The van der Waals surface area contributed by atoms with Crippen LogP contribution < -0.4 is 20.7 Å². The molecule has 2 aromatic carbocycles. The highest BCUT2D eigenvalue weighted by molar-refractivity contribution is 5.84. The predicted molar refractivity (Wildman–Crippen MR) is 109 cm³/mol. The molecule has 1 amide bonds. The Morgan fingerprint density at radius 3 is 2.64 bits per heavy atom. The van der Waals surface area contributed by atoms with E-state index >= 15 is 0 Å². The summed E-state index contributed by atoms with van der Waals surface area (Å²) in [6, 6.07) is 14.3. The molecular formula is C21H21N3O4. The first-order chi connectivity index (χ1) is 13.4. The number of ether oxygens (including phenoxy) is 1. The molecule has 0 saturated heterocycles. The van der Waals surface area contributed by atoms with Crippen LogP contribution in [-0.4, -0.2) is 32.8 Å².